The van der Waals surface area contributed by atoms with Gasteiger partial charge in [0.05, 0.1) is 12.4 Å². The molecule has 0 unspecified atom stereocenters. The summed E-state index contributed by atoms with van der Waals surface area (Å²) in [6.07, 6.45) is 0. The maximum atomic E-state index is 11.6. The molecule has 1 amide bonds. The van der Waals surface area contributed by atoms with Gasteiger partial charge in [-0.15, -0.1) is 11.8 Å². The fourth-order valence-electron chi connectivity index (χ4n) is 1.80. The summed E-state index contributed by atoms with van der Waals surface area (Å²) in [4.78, 5) is 11.6. The Balaban J connectivity index is 1.93. The van der Waals surface area contributed by atoms with Crippen LogP contribution in [0.5, 0.6) is 0 Å². The highest BCUT2D eigenvalue weighted by Gasteiger charge is 2.03. The molecule has 0 fully saturated rings. The molecule has 0 spiro atoms. The van der Waals surface area contributed by atoms with Crippen LogP contribution in [0.3, 0.4) is 0 Å². The number of carbonyl (C=O) groups excluding carboxylic acids is 1. The third-order valence-corrected chi connectivity index (χ3v) is 3.68. The van der Waals surface area contributed by atoms with Crippen molar-refractivity contribution in [2.45, 2.75) is 0 Å². The van der Waals surface area contributed by atoms with Gasteiger partial charge in [-0.2, -0.15) is 0 Å². The molecular formula is C16H17NO2S. The molecule has 0 aliphatic heterocycles. The summed E-state index contributed by atoms with van der Waals surface area (Å²) >= 11 is 1.42. The summed E-state index contributed by atoms with van der Waals surface area (Å²) in [6, 6.07) is 17.9. The molecule has 0 heterocycles. The van der Waals surface area contributed by atoms with E-state index in [0.717, 1.165) is 16.8 Å². The van der Waals surface area contributed by atoms with Crippen molar-refractivity contribution in [3.05, 3.63) is 54.6 Å². The minimum Gasteiger partial charge on any atom is -0.396 e. The lowest BCUT2D eigenvalue weighted by Gasteiger charge is -2.06. The molecule has 2 N–H and O–H groups in total. The van der Waals surface area contributed by atoms with E-state index in [1.165, 1.54) is 11.8 Å². The molecule has 104 valence electrons. The van der Waals surface area contributed by atoms with Crippen LogP contribution >= 0.6 is 11.8 Å². The van der Waals surface area contributed by atoms with E-state index in [4.69, 9.17) is 5.11 Å². The Bertz CT molecular complexity index is 540. The lowest BCUT2D eigenvalue weighted by atomic mass is 10.1. The largest absolute Gasteiger partial charge is 0.396 e. The Hall–Kier alpha value is -1.78. The van der Waals surface area contributed by atoms with E-state index in [1.54, 1.807) is 0 Å². The number of rotatable bonds is 6. The number of hydrogen-bond donors (Lipinski definition) is 2. The zero-order valence-corrected chi connectivity index (χ0v) is 11.9. The zero-order chi connectivity index (χ0) is 14.2. The molecule has 3 nitrogen and oxygen atoms in total. The Kier molecular flexibility index (Phi) is 5.65. The van der Waals surface area contributed by atoms with Gasteiger partial charge in [0.1, 0.15) is 0 Å². The molecule has 0 aliphatic carbocycles. The van der Waals surface area contributed by atoms with Gasteiger partial charge >= 0.3 is 0 Å². The van der Waals surface area contributed by atoms with Gasteiger partial charge in [-0.05, 0) is 23.3 Å². The number of aliphatic hydroxyl groups excluding tert-OH is 1. The second kappa shape index (κ2) is 7.72. The summed E-state index contributed by atoms with van der Waals surface area (Å²) in [5.41, 5.74) is 3.07. The van der Waals surface area contributed by atoms with Crippen molar-refractivity contribution in [1.29, 1.82) is 0 Å². The third-order valence-electron chi connectivity index (χ3n) is 2.74. The third kappa shape index (κ3) is 4.40. The highest BCUT2D eigenvalue weighted by Crippen LogP contribution is 2.21. The standard InChI is InChI=1S/C16H17NO2S/c18-10-11-20-12-16(19)17-15-8-6-14(7-9-15)13-4-2-1-3-5-13/h1-9,18H,10-12H2,(H,17,19). The molecule has 2 aromatic carbocycles. The van der Waals surface area contributed by atoms with Crippen molar-refractivity contribution >= 4 is 23.4 Å². The lowest BCUT2D eigenvalue weighted by molar-refractivity contribution is -0.113. The van der Waals surface area contributed by atoms with Gasteiger partial charge < -0.3 is 10.4 Å². The SMILES string of the molecule is O=C(CSCCO)Nc1ccc(-c2ccccc2)cc1. The van der Waals surface area contributed by atoms with E-state index in [1.807, 2.05) is 42.5 Å². The molecule has 20 heavy (non-hydrogen) atoms. The maximum absolute atomic E-state index is 11.6. The molecule has 4 heteroatoms. The van der Waals surface area contributed by atoms with Crippen LogP contribution in [0.25, 0.3) is 11.1 Å². The number of nitrogens with one attached hydrogen (secondary N) is 1. The molecule has 0 aromatic heterocycles. The van der Waals surface area contributed by atoms with E-state index < -0.39 is 0 Å². The van der Waals surface area contributed by atoms with Gasteiger partial charge in [0.25, 0.3) is 0 Å². The average Bonchev–Trinajstić information content (AvgIpc) is 2.49. The summed E-state index contributed by atoms with van der Waals surface area (Å²) < 4.78 is 0. The number of amides is 1. The molecule has 0 aliphatic rings. The molecular weight excluding hydrogens is 270 g/mol. The van der Waals surface area contributed by atoms with Gasteiger partial charge in [0.15, 0.2) is 0 Å². The molecule has 0 saturated carbocycles. The van der Waals surface area contributed by atoms with E-state index >= 15 is 0 Å². The molecule has 0 atom stereocenters. The first-order valence-corrected chi connectivity index (χ1v) is 7.59. The van der Waals surface area contributed by atoms with Crippen molar-refractivity contribution in [2.24, 2.45) is 0 Å². The van der Waals surface area contributed by atoms with E-state index in [0.29, 0.717) is 11.5 Å². The number of thioether (sulfide) groups is 1. The molecule has 0 bridgehead atoms. The average molecular weight is 287 g/mol. The lowest BCUT2D eigenvalue weighted by Crippen LogP contribution is -2.14. The summed E-state index contributed by atoms with van der Waals surface area (Å²) in [5.74, 6) is 0.900. The normalized spacial score (nSPS) is 10.2. The van der Waals surface area contributed by atoms with E-state index in [-0.39, 0.29) is 12.5 Å². The molecule has 2 rings (SSSR count). The van der Waals surface area contributed by atoms with Crippen LogP contribution in [0.1, 0.15) is 0 Å². The van der Waals surface area contributed by atoms with Gasteiger partial charge in [0, 0.05) is 11.4 Å². The maximum Gasteiger partial charge on any atom is 0.234 e. The fourth-order valence-corrected chi connectivity index (χ4v) is 2.33. The van der Waals surface area contributed by atoms with Crippen LogP contribution in [0.2, 0.25) is 0 Å². The first kappa shape index (κ1) is 14.6. The Morgan fingerprint density at radius 2 is 1.65 bits per heavy atom. The van der Waals surface area contributed by atoms with Crippen molar-refractivity contribution in [3.8, 4) is 11.1 Å². The predicted octanol–water partition coefficient (Wildman–Crippen LogP) is 3.02. The van der Waals surface area contributed by atoms with E-state index in [9.17, 15) is 4.79 Å². The Morgan fingerprint density at radius 1 is 1.00 bits per heavy atom. The summed E-state index contributed by atoms with van der Waals surface area (Å²) in [6.45, 7) is 0.101. The Morgan fingerprint density at radius 3 is 2.30 bits per heavy atom. The van der Waals surface area contributed by atoms with Crippen LogP contribution in [0, 0.1) is 0 Å². The second-order valence-electron chi connectivity index (χ2n) is 4.27. The molecule has 0 saturated heterocycles. The Labute approximate surface area is 123 Å². The van der Waals surface area contributed by atoms with Crippen molar-refractivity contribution in [3.63, 3.8) is 0 Å². The van der Waals surface area contributed by atoms with E-state index in [2.05, 4.69) is 17.4 Å². The monoisotopic (exact) mass is 287 g/mol. The van der Waals surface area contributed by atoms with Crippen LogP contribution in [0.4, 0.5) is 5.69 Å². The molecule has 2 aromatic rings. The first-order chi connectivity index (χ1) is 9.79. The van der Waals surface area contributed by atoms with Gasteiger partial charge in [0.2, 0.25) is 5.91 Å². The van der Waals surface area contributed by atoms with Crippen LogP contribution in [-0.2, 0) is 4.79 Å². The quantitative estimate of drug-likeness (QED) is 0.803. The fraction of sp³-hybridized carbons (Fsp3) is 0.188. The smallest absolute Gasteiger partial charge is 0.234 e. The number of anilines is 1. The highest BCUT2D eigenvalue weighted by atomic mass is 32.2. The minimum absolute atomic E-state index is 0.0455. The van der Waals surface area contributed by atoms with Crippen LogP contribution < -0.4 is 5.32 Å². The predicted molar refractivity (Wildman–Crippen MR) is 84.9 cm³/mol. The van der Waals surface area contributed by atoms with Gasteiger partial charge in [-0.25, -0.2) is 0 Å². The second-order valence-corrected chi connectivity index (χ2v) is 5.37. The van der Waals surface area contributed by atoms with Gasteiger partial charge in [-0.3, -0.25) is 4.79 Å². The minimum atomic E-state index is -0.0455. The number of benzene rings is 2. The van der Waals surface area contributed by atoms with Crippen LogP contribution in [0.15, 0.2) is 54.6 Å². The number of carbonyl (C=O) groups is 1. The van der Waals surface area contributed by atoms with Crippen LogP contribution in [-0.4, -0.2) is 29.1 Å². The zero-order valence-electron chi connectivity index (χ0n) is 11.1. The number of aliphatic hydroxyl groups is 1. The topological polar surface area (TPSA) is 49.3 Å². The highest BCUT2D eigenvalue weighted by molar-refractivity contribution is 7.99. The van der Waals surface area contributed by atoms with Crippen molar-refractivity contribution in [2.75, 3.05) is 23.4 Å². The first-order valence-electron chi connectivity index (χ1n) is 6.43. The van der Waals surface area contributed by atoms with Crippen molar-refractivity contribution in [1.82, 2.24) is 0 Å². The summed E-state index contributed by atoms with van der Waals surface area (Å²) in [5, 5.41) is 11.5. The van der Waals surface area contributed by atoms with Gasteiger partial charge in [-0.1, -0.05) is 42.5 Å². The number of hydrogen-bond acceptors (Lipinski definition) is 3. The summed E-state index contributed by atoms with van der Waals surface area (Å²) in [7, 11) is 0. The van der Waals surface area contributed by atoms with Crippen molar-refractivity contribution < 1.29 is 9.90 Å². The molecule has 0 radical (unpaired) electrons.